The molecule has 3 amide bonds. The first kappa shape index (κ1) is 23.4. The number of nitrogens with zero attached hydrogens (tertiary/aromatic N) is 1. The van der Waals surface area contributed by atoms with Crippen LogP contribution < -0.4 is 16.0 Å². The van der Waals surface area contributed by atoms with Gasteiger partial charge in [0.1, 0.15) is 17.2 Å². The van der Waals surface area contributed by atoms with Gasteiger partial charge in [-0.15, -0.1) is 23.1 Å². The number of amides is 3. The summed E-state index contributed by atoms with van der Waals surface area (Å²) in [7, 11) is 0. The lowest BCUT2D eigenvalue weighted by Gasteiger charge is -2.06. The molecule has 1 aromatic heterocycles. The topological polar surface area (TPSA) is 100 Å². The Bertz CT molecular complexity index is 1120. The standard InChI is InChI=1S/C21H18F2N4O3S2/c1-12(28)24-13-5-7-14(8-6-13)25-18(29)11-31-9-15-10-32-21(26-15)27-20(30)19-16(22)3-2-4-17(19)23/h2-8,10H,9,11H2,1H3,(H,24,28)(H,25,29)(H,26,27,30). The highest BCUT2D eigenvalue weighted by molar-refractivity contribution is 7.99. The van der Waals surface area contributed by atoms with Crippen LogP contribution in [-0.2, 0) is 15.3 Å². The quantitative estimate of drug-likeness (QED) is 0.444. The molecule has 0 aliphatic carbocycles. The Morgan fingerprint density at radius 2 is 1.59 bits per heavy atom. The van der Waals surface area contributed by atoms with Gasteiger partial charge in [0.05, 0.1) is 11.4 Å². The third-order valence-electron chi connectivity index (χ3n) is 3.93. The first-order valence-corrected chi connectivity index (χ1v) is 11.3. The number of benzene rings is 2. The Kier molecular flexibility index (Phi) is 7.90. The highest BCUT2D eigenvalue weighted by Crippen LogP contribution is 2.22. The summed E-state index contributed by atoms with van der Waals surface area (Å²) in [5, 5.41) is 9.67. The Balaban J connectivity index is 1.45. The highest BCUT2D eigenvalue weighted by Gasteiger charge is 2.18. The van der Waals surface area contributed by atoms with Crippen LogP contribution in [-0.4, -0.2) is 28.5 Å². The van der Waals surface area contributed by atoms with Gasteiger partial charge >= 0.3 is 0 Å². The summed E-state index contributed by atoms with van der Waals surface area (Å²) in [6.45, 7) is 1.41. The normalized spacial score (nSPS) is 10.5. The molecule has 11 heteroatoms. The van der Waals surface area contributed by atoms with Crippen LogP contribution in [0, 0.1) is 11.6 Å². The zero-order valence-electron chi connectivity index (χ0n) is 16.8. The predicted molar refractivity (Wildman–Crippen MR) is 122 cm³/mol. The molecule has 166 valence electrons. The first-order valence-electron chi connectivity index (χ1n) is 9.27. The molecule has 0 bridgehead atoms. The number of thiazole rings is 1. The van der Waals surface area contributed by atoms with E-state index in [0.29, 0.717) is 22.8 Å². The third-order valence-corrected chi connectivity index (χ3v) is 5.71. The van der Waals surface area contributed by atoms with Gasteiger partial charge in [0, 0.05) is 29.4 Å². The molecule has 0 aliphatic rings. The second-order valence-electron chi connectivity index (χ2n) is 6.49. The molecule has 0 radical (unpaired) electrons. The van der Waals surface area contributed by atoms with Crippen LogP contribution in [0.15, 0.2) is 47.8 Å². The molecule has 0 fully saturated rings. The number of carbonyl (C=O) groups is 3. The lowest BCUT2D eigenvalue weighted by atomic mass is 10.2. The molecule has 0 spiro atoms. The van der Waals surface area contributed by atoms with E-state index >= 15 is 0 Å². The first-order chi connectivity index (χ1) is 15.3. The largest absolute Gasteiger partial charge is 0.326 e. The molecule has 1 heterocycles. The summed E-state index contributed by atoms with van der Waals surface area (Å²) in [5.74, 6) is -2.62. The van der Waals surface area contributed by atoms with E-state index in [0.717, 1.165) is 23.5 Å². The summed E-state index contributed by atoms with van der Waals surface area (Å²) in [5.41, 5.74) is 1.19. The van der Waals surface area contributed by atoms with Crippen LogP contribution in [0.2, 0.25) is 0 Å². The van der Waals surface area contributed by atoms with Crippen molar-refractivity contribution in [3.8, 4) is 0 Å². The van der Waals surface area contributed by atoms with Crippen molar-refractivity contribution in [3.05, 3.63) is 70.7 Å². The van der Waals surface area contributed by atoms with E-state index in [1.807, 2.05) is 0 Å². The molecule has 3 rings (SSSR count). The number of anilines is 3. The Morgan fingerprint density at radius 1 is 0.969 bits per heavy atom. The maximum absolute atomic E-state index is 13.7. The van der Waals surface area contributed by atoms with Crippen LogP contribution >= 0.6 is 23.1 Å². The van der Waals surface area contributed by atoms with E-state index in [1.165, 1.54) is 24.8 Å². The molecule has 0 atom stereocenters. The molecule has 0 saturated carbocycles. The van der Waals surface area contributed by atoms with Crippen molar-refractivity contribution in [2.75, 3.05) is 21.7 Å². The zero-order chi connectivity index (χ0) is 23.1. The minimum Gasteiger partial charge on any atom is -0.326 e. The zero-order valence-corrected chi connectivity index (χ0v) is 18.4. The van der Waals surface area contributed by atoms with Crippen LogP contribution in [0.5, 0.6) is 0 Å². The predicted octanol–water partition coefficient (Wildman–Crippen LogP) is 4.50. The van der Waals surface area contributed by atoms with Crippen molar-refractivity contribution < 1.29 is 23.2 Å². The monoisotopic (exact) mass is 476 g/mol. The van der Waals surface area contributed by atoms with Gasteiger partial charge in [-0.05, 0) is 36.4 Å². The van der Waals surface area contributed by atoms with Gasteiger partial charge in [0.2, 0.25) is 11.8 Å². The second-order valence-corrected chi connectivity index (χ2v) is 8.34. The van der Waals surface area contributed by atoms with Crippen molar-refractivity contribution in [3.63, 3.8) is 0 Å². The van der Waals surface area contributed by atoms with Gasteiger partial charge in [0.25, 0.3) is 5.91 Å². The summed E-state index contributed by atoms with van der Waals surface area (Å²) in [6, 6.07) is 9.92. The summed E-state index contributed by atoms with van der Waals surface area (Å²) >= 11 is 2.44. The number of rotatable bonds is 8. The van der Waals surface area contributed by atoms with Crippen LogP contribution in [0.25, 0.3) is 0 Å². The molecule has 32 heavy (non-hydrogen) atoms. The molecule has 3 aromatic rings. The maximum atomic E-state index is 13.7. The number of halogens is 2. The second kappa shape index (κ2) is 10.8. The number of hydrogen-bond acceptors (Lipinski definition) is 6. The average Bonchev–Trinajstić information content (AvgIpc) is 3.16. The minimum absolute atomic E-state index is 0.174. The smallest absolute Gasteiger partial charge is 0.263 e. The number of carbonyl (C=O) groups excluding carboxylic acids is 3. The van der Waals surface area contributed by atoms with Crippen LogP contribution in [0.1, 0.15) is 23.0 Å². The van der Waals surface area contributed by atoms with E-state index in [2.05, 4.69) is 20.9 Å². The number of aromatic nitrogens is 1. The van der Waals surface area contributed by atoms with E-state index in [-0.39, 0.29) is 22.7 Å². The number of hydrogen-bond donors (Lipinski definition) is 3. The lowest BCUT2D eigenvalue weighted by molar-refractivity contribution is -0.114. The van der Waals surface area contributed by atoms with Gasteiger partial charge in [-0.1, -0.05) is 6.07 Å². The van der Waals surface area contributed by atoms with Crippen molar-refractivity contribution in [1.82, 2.24) is 4.98 Å². The lowest BCUT2D eigenvalue weighted by Crippen LogP contribution is -2.15. The fourth-order valence-electron chi connectivity index (χ4n) is 2.59. The van der Waals surface area contributed by atoms with Crippen molar-refractivity contribution in [1.29, 1.82) is 0 Å². The van der Waals surface area contributed by atoms with Gasteiger partial charge in [-0.25, -0.2) is 13.8 Å². The van der Waals surface area contributed by atoms with Crippen molar-refractivity contribution >= 4 is 57.3 Å². The van der Waals surface area contributed by atoms with Crippen molar-refractivity contribution in [2.24, 2.45) is 0 Å². The molecule has 0 aliphatic heterocycles. The fourth-order valence-corrected chi connectivity index (χ4v) is 4.12. The summed E-state index contributed by atoms with van der Waals surface area (Å²) in [6.07, 6.45) is 0. The van der Waals surface area contributed by atoms with E-state index < -0.39 is 23.1 Å². The Labute approximate surface area is 190 Å². The van der Waals surface area contributed by atoms with Gasteiger partial charge in [-0.3, -0.25) is 19.7 Å². The molecule has 2 aromatic carbocycles. The van der Waals surface area contributed by atoms with Crippen molar-refractivity contribution in [2.45, 2.75) is 12.7 Å². The molecule has 0 unspecified atom stereocenters. The molecule has 7 nitrogen and oxygen atoms in total. The Morgan fingerprint density at radius 3 is 2.22 bits per heavy atom. The molecular formula is C21H18F2N4O3S2. The van der Waals surface area contributed by atoms with Crippen LogP contribution in [0.3, 0.4) is 0 Å². The minimum atomic E-state index is -0.953. The van der Waals surface area contributed by atoms with E-state index in [1.54, 1.807) is 29.6 Å². The maximum Gasteiger partial charge on any atom is 0.263 e. The molecular weight excluding hydrogens is 458 g/mol. The summed E-state index contributed by atoms with van der Waals surface area (Å²) in [4.78, 5) is 39.4. The highest BCUT2D eigenvalue weighted by atomic mass is 32.2. The fraction of sp³-hybridized carbons (Fsp3) is 0.143. The Hall–Kier alpha value is -3.31. The van der Waals surface area contributed by atoms with Gasteiger partial charge < -0.3 is 10.6 Å². The molecule has 0 saturated heterocycles. The van der Waals surface area contributed by atoms with E-state index in [9.17, 15) is 23.2 Å². The van der Waals surface area contributed by atoms with Crippen LogP contribution in [0.4, 0.5) is 25.3 Å². The van der Waals surface area contributed by atoms with E-state index in [4.69, 9.17) is 0 Å². The number of thioether (sulfide) groups is 1. The SMILES string of the molecule is CC(=O)Nc1ccc(NC(=O)CSCc2csc(NC(=O)c3c(F)cccc3F)n2)cc1. The average molecular weight is 477 g/mol. The van der Waals surface area contributed by atoms with Gasteiger partial charge in [0.15, 0.2) is 5.13 Å². The third kappa shape index (κ3) is 6.59. The summed E-state index contributed by atoms with van der Waals surface area (Å²) < 4.78 is 27.4. The molecule has 3 N–H and O–H groups in total. The number of nitrogens with one attached hydrogen (secondary N) is 3. The van der Waals surface area contributed by atoms with Gasteiger partial charge in [-0.2, -0.15) is 0 Å².